The van der Waals surface area contributed by atoms with Crippen molar-refractivity contribution in [3.05, 3.63) is 150 Å². The lowest BCUT2D eigenvalue weighted by Gasteiger charge is -2.37. The van der Waals surface area contributed by atoms with Gasteiger partial charge in [-0.3, -0.25) is 0 Å². The van der Waals surface area contributed by atoms with Crippen LogP contribution < -0.4 is 11.1 Å². The fraction of sp³-hybridized carbons (Fsp3) is 0.0882. The molecule has 1 heterocycles. The molecule has 6 rings (SSSR count). The van der Waals surface area contributed by atoms with Gasteiger partial charge in [-0.15, -0.1) is 0 Å². The number of hydrogen-bond acceptors (Lipinski definition) is 4. The van der Waals surface area contributed by atoms with Crippen LogP contribution in [0.25, 0.3) is 22.2 Å². The van der Waals surface area contributed by atoms with Gasteiger partial charge in [-0.1, -0.05) is 103 Å². The van der Waals surface area contributed by atoms with Gasteiger partial charge in [0.2, 0.25) is 0 Å². The Bertz CT molecular complexity index is 1580. The van der Waals surface area contributed by atoms with Crippen molar-refractivity contribution in [3.63, 3.8) is 0 Å². The number of nitrogens with zero attached hydrogens (tertiary/aromatic N) is 2. The standard InChI is InChI=1S/C34H30N4O/c35-29-18-21-32-31(24-29)33(25-16-19-30(20-17-25)36-22-23-39)37-38(32)34(26-10-4-1-5-11-26,27-12-6-2-7-13-27)28-14-8-3-9-15-28/h1-21,24,36,39H,22-23,35H2. The lowest BCUT2D eigenvalue weighted by atomic mass is 9.77. The molecule has 4 N–H and O–H groups in total. The number of benzene rings is 5. The van der Waals surface area contributed by atoms with E-state index in [1.807, 2.05) is 42.5 Å². The number of aliphatic hydroxyl groups excluding tert-OH is 1. The second-order valence-corrected chi connectivity index (χ2v) is 9.57. The molecule has 0 aliphatic rings. The SMILES string of the molecule is Nc1ccc2c(c1)c(-c1ccc(NCCO)cc1)nn2C(c1ccccc1)(c1ccccc1)c1ccccc1. The Hall–Kier alpha value is -4.87. The summed E-state index contributed by atoms with van der Waals surface area (Å²) >= 11 is 0. The molecule has 0 unspecified atom stereocenters. The van der Waals surface area contributed by atoms with Crippen LogP contribution in [-0.2, 0) is 5.54 Å². The van der Waals surface area contributed by atoms with Gasteiger partial charge in [0.15, 0.2) is 0 Å². The number of nitrogens with two attached hydrogens (primary N) is 1. The first kappa shape index (κ1) is 24.5. The third-order valence-corrected chi connectivity index (χ3v) is 7.20. The van der Waals surface area contributed by atoms with Gasteiger partial charge < -0.3 is 16.2 Å². The predicted molar refractivity (Wildman–Crippen MR) is 160 cm³/mol. The number of aromatic nitrogens is 2. The van der Waals surface area contributed by atoms with E-state index in [-0.39, 0.29) is 6.61 Å². The second kappa shape index (κ2) is 10.5. The van der Waals surface area contributed by atoms with Gasteiger partial charge >= 0.3 is 0 Å². The van der Waals surface area contributed by atoms with Crippen LogP contribution in [0.2, 0.25) is 0 Å². The van der Waals surface area contributed by atoms with Crippen LogP contribution in [0.5, 0.6) is 0 Å². The predicted octanol–water partition coefficient (Wildman–Crippen LogP) is 6.53. The van der Waals surface area contributed by atoms with E-state index in [4.69, 9.17) is 10.8 Å². The molecule has 0 amide bonds. The van der Waals surface area contributed by atoms with Gasteiger partial charge in [0.05, 0.1) is 12.1 Å². The zero-order valence-corrected chi connectivity index (χ0v) is 21.5. The third kappa shape index (κ3) is 4.33. The number of anilines is 2. The number of hydrogen-bond donors (Lipinski definition) is 3. The quantitative estimate of drug-likeness (QED) is 0.161. The number of nitrogen functional groups attached to an aromatic ring is 1. The molecule has 0 spiro atoms. The molecule has 6 aromatic rings. The van der Waals surface area contributed by atoms with E-state index in [2.05, 4.69) is 101 Å². The smallest absolute Gasteiger partial charge is 0.138 e. The zero-order valence-electron chi connectivity index (χ0n) is 21.5. The van der Waals surface area contributed by atoms with Crippen molar-refractivity contribution in [2.75, 3.05) is 24.2 Å². The van der Waals surface area contributed by atoms with Crippen molar-refractivity contribution >= 4 is 22.3 Å². The van der Waals surface area contributed by atoms with Crippen LogP contribution in [0.15, 0.2) is 133 Å². The van der Waals surface area contributed by atoms with Crippen LogP contribution >= 0.6 is 0 Å². The number of aliphatic hydroxyl groups is 1. The van der Waals surface area contributed by atoms with Gasteiger partial charge in [-0.25, -0.2) is 4.68 Å². The van der Waals surface area contributed by atoms with E-state index < -0.39 is 5.54 Å². The molecule has 192 valence electrons. The minimum absolute atomic E-state index is 0.0800. The molecule has 0 saturated carbocycles. The molecule has 1 aromatic heterocycles. The lowest BCUT2D eigenvalue weighted by Crippen LogP contribution is -2.38. The third-order valence-electron chi connectivity index (χ3n) is 7.20. The number of fused-ring (bicyclic) bond motifs is 1. The maximum atomic E-state index is 9.18. The maximum Gasteiger partial charge on any atom is 0.138 e. The van der Waals surface area contributed by atoms with E-state index in [0.717, 1.165) is 44.5 Å². The van der Waals surface area contributed by atoms with Crippen molar-refractivity contribution in [2.24, 2.45) is 0 Å². The van der Waals surface area contributed by atoms with Crippen molar-refractivity contribution in [2.45, 2.75) is 5.54 Å². The summed E-state index contributed by atoms with van der Waals surface area (Å²) in [6.07, 6.45) is 0. The fourth-order valence-electron chi connectivity index (χ4n) is 5.46. The Kier molecular flexibility index (Phi) is 6.57. The normalized spacial score (nSPS) is 11.5. The van der Waals surface area contributed by atoms with Crippen LogP contribution in [0.4, 0.5) is 11.4 Å². The van der Waals surface area contributed by atoms with Crippen LogP contribution in [-0.4, -0.2) is 28.0 Å². The summed E-state index contributed by atoms with van der Waals surface area (Å²) in [6, 6.07) is 45.8. The topological polar surface area (TPSA) is 76.1 Å². The van der Waals surface area contributed by atoms with Gasteiger partial charge in [0, 0.05) is 28.9 Å². The summed E-state index contributed by atoms with van der Waals surface area (Å²) in [4.78, 5) is 0. The Morgan fingerprint density at radius 3 is 1.74 bits per heavy atom. The molecule has 0 aliphatic heterocycles. The van der Waals surface area contributed by atoms with Crippen LogP contribution in [0.1, 0.15) is 16.7 Å². The highest BCUT2D eigenvalue weighted by Crippen LogP contribution is 2.44. The first-order chi connectivity index (χ1) is 19.2. The van der Waals surface area contributed by atoms with Crippen LogP contribution in [0, 0.1) is 0 Å². The van der Waals surface area contributed by atoms with E-state index in [0.29, 0.717) is 12.2 Å². The molecule has 0 bridgehead atoms. The molecule has 0 aliphatic carbocycles. The van der Waals surface area contributed by atoms with Crippen molar-refractivity contribution in [3.8, 4) is 11.3 Å². The number of nitrogens with one attached hydrogen (secondary N) is 1. The molecule has 0 atom stereocenters. The molecule has 0 radical (unpaired) electrons. The molecule has 39 heavy (non-hydrogen) atoms. The summed E-state index contributed by atoms with van der Waals surface area (Å²) < 4.78 is 2.16. The molecule has 5 heteroatoms. The minimum Gasteiger partial charge on any atom is -0.399 e. The van der Waals surface area contributed by atoms with Crippen molar-refractivity contribution < 1.29 is 5.11 Å². The Morgan fingerprint density at radius 1 is 0.692 bits per heavy atom. The summed E-state index contributed by atoms with van der Waals surface area (Å²) in [6.45, 7) is 0.581. The Labute approximate surface area is 228 Å². The van der Waals surface area contributed by atoms with E-state index in [1.165, 1.54) is 0 Å². The second-order valence-electron chi connectivity index (χ2n) is 9.57. The van der Waals surface area contributed by atoms with Gasteiger partial charge in [-0.05, 0) is 47.0 Å². The highest BCUT2D eigenvalue weighted by atomic mass is 16.3. The monoisotopic (exact) mass is 510 g/mol. The largest absolute Gasteiger partial charge is 0.399 e. The summed E-state index contributed by atoms with van der Waals surface area (Å²) in [5, 5.41) is 18.8. The van der Waals surface area contributed by atoms with E-state index in [1.54, 1.807) is 0 Å². The maximum absolute atomic E-state index is 9.18. The molecule has 0 saturated heterocycles. The summed E-state index contributed by atoms with van der Waals surface area (Å²) in [7, 11) is 0. The molecule has 0 fully saturated rings. The summed E-state index contributed by atoms with van der Waals surface area (Å²) in [5.74, 6) is 0. The van der Waals surface area contributed by atoms with E-state index in [9.17, 15) is 5.11 Å². The van der Waals surface area contributed by atoms with Crippen molar-refractivity contribution in [1.82, 2.24) is 9.78 Å². The zero-order chi connectivity index (χ0) is 26.7. The Balaban J connectivity index is 1.68. The summed E-state index contributed by atoms with van der Waals surface area (Å²) in [5.41, 5.74) is 13.4. The molecule has 5 aromatic carbocycles. The van der Waals surface area contributed by atoms with Crippen molar-refractivity contribution in [1.29, 1.82) is 0 Å². The first-order valence-electron chi connectivity index (χ1n) is 13.1. The average molecular weight is 511 g/mol. The molecular formula is C34H30N4O. The number of rotatable bonds is 8. The molecular weight excluding hydrogens is 480 g/mol. The van der Waals surface area contributed by atoms with Crippen LogP contribution in [0.3, 0.4) is 0 Å². The highest BCUT2D eigenvalue weighted by molar-refractivity contribution is 5.96. The van der Waals surface area contributed by atoms with Gasteiger partial charge in [0.1, 0.15) is 11.2 Å². The Morgan fingerprint density at radius 2 is 1.23 bits per heavy atom. The van der Waals surface area contributed by atoms with E-state index >= 15 is 0 Å². The first-order valence-corrected chi connectivity index (χ1v) is 13.1. The average Bonchev–Trinajstić information content (AvgIpc) is 3.37. The lowest BCUT2D eigenvalue weighted by molar-refractivity contribution is 0.311. The highest BCUT2D eigenvalue weighted by Gasteiger charge is 2.40. The van der Waals surface area contributed by atoms with Gasteiger partial charge in [0.25, 0.3) is 0 Å². The molecule has 5 nitrogen and oxygen atoms in total. The fourth-order valence-corrected chi connectivity index (χ4v) is 5.46. The van der Waals surface area contributed by atoms with Gasteiger partial charge in [-0.2, -0.15) is 5.10 Å². The minimum atomic E-state index is -0.737.